The Hall–Kier alpha value is -2.07. The molecule has 0 radical (unpaired) electrons. The number of nitrogens with zero attached hydrogens (tertiary/aromatic N) is 2. The van der Waals surface area contributed by atoms with Gasteiger partial charge in [0.25, 0.3) is 0 Å². The maximum Gasteiger partial charge on any atom is 0.227 e. The van der Waals surface area contributed by atoms with Crippen LogP contribution in [-0.2, 0) is 17.9 Å². The van der Waals surface area contributed by atoms with Gasteiger partial charge in [-0.05, 0) is 49.9 Å². The largest absolute Gasteiger partial charge is 0.467 e. The number of carbonyl (C=O) groups is 1. The predicted molar refractivity (Wildman–Crippen MR) is 106 cm³/mol. The molecular formula is C23H30N2O2. The van der Waals surface area contributed by atoms with Crippen molar-refractivity contribution >= 4 is 5.91 Å². The lowest BCUT2D eigenvalue weighted by molar-refractivity contribution is -0.140. The number of furan rings is 1. The normalized spacial score (nSPS) is 21.4. The number of carbonyl (C=O) groups excluding carboxylic acids is 1. The smallest absolute Gasteiger partial charge is 0.227 e. The summed E-state index contributed by atoms with van der Waals surface area (Å²) in [5.41, 5.74) is 1.33. The number of likely N-dealkylation sites (tertiary alicyclic amines) is 1. The first-order valence-electron chi connectivity index (χ1n) is 10.4. The van der Waals surface area contributed by atoms with Gasteiger partial charge in [-0.3, -0.25) is 9.69 Å². The van der Waals surface area contributed by atoms with Crippen molar-refractivity contribution in [1.82, 2.24) is 9.80 Å². The number of benzene rings is 1. The second kappa shape index (κ2) is 8.75. The fourth-order valence-electron chi connectivity index (χ4n) is 4.65. The summed E-state index contributed by atoms with van der Waals surface area (Å²) in [6, 6.07) is 14.9. The Kier molecular flexibility index (Phi) is 5.93. The van der Waals surface area contributed by atoms with E-state index in [0.29, 0.717) is 18.5 Å². The highest BCUT2D eigenvalue weighted by Gasteiger charge is 2.34. The van der Waals surface area contributed by atoms with Gasteiger partial charge in [0.15, 0.2) is 0 Å². The van der Waals surface area contributed by atoms with Crippen molar-refractivity contribution in [1.29, 1.82) is 0 Å². The summed E-state index contributed by atoms with van der Waals surface area (Å²) in [5, 5.41) is 0. The van der Waals surface area contributed by atoms with E-state index in [1.54, 1.807) is 6.26 Å². The molecule has 0 spiro atoms. The molecule has 2 heterocycles. The van der Waals surface area contributed by atoms with E-state index in [1.165, 1.54) is 18.4 Å². The van der Waals surface area contributed by atoms with E-state index in [9.17, 15) is 4.79 Å². The third-order valence-corrected chi connectivity index (χ3v) is 6.06. The highest BCUT2D eigenvalue weighted by molar-refractivity contribution is 5.79. The molecule has 1 atom stereocenters. The zero-order valence-electron chi connectivity index (χ0n) is 16.1. The molecule has 4 heteroatoms. The van der Waals surface area contributed by atoms with Crippen LogP contribution < -0.4 is 0 Å². The number of piperidine rings is 1. The second-order valence-corrected chi connectivity index (χ2v) is 8.04. The predicted octanol–water partition coefficient (Wildman–Crippen LogP) is 4.46. The van der Waals surface area contributed by atoms with E-state index in [-0.39, 0.29) is 5.92 Å². The molecule has 144 valence electrons. The summed E-state index contributed by atoms with van der Waals surface area (Å²) >= 11 is 0. The highest BCUT2D eigenvalue weighted by atomic mass is 16.3. The molecule has 1 saturated carbocycles. The Morgan fingerprint density at radius 3 is 2.59 bits per heavy atom. The molecule has 4 nitrogen and oxygen atoms in total. The molecule has 1 amide bonds. The number of hydrogen-bond acceptors (Lipinski definition) is 3. The van der Waals surface area contributed by atoms with Crippen molar-refractivity contribution in [3.05, 3.63) is 60.1 Å². The average molecular weight is 367 g/mol. The van der Waals surface area contributed by atoms with Crippen LogP contribution in [0.15, 0.2) is 53.1 Å². The second-order valence-electron chi connectivity index (χ2n) is 8.04. The van der Waals surface area contributed by atoms with Gasteiger partial charge in [-0.1, -0.05) is 43.2 Å². The van der Waals surface area contributed by atoms with Crippen LogP contribution in [0.4, 0.5) is 0 Å². The summed E-state index contributed by atoms with van der Waals surface area (Å²) in [7, 11) is 0. The monoisotopic (exact) mass is 366 g/mol. The summed E-state index contributed by atoms with van der Waals surface area (Å²) in [6.45, 7) is 3.51. The number of amides is 1. The fourth-order valence-corrected chi connectivity index (χ4v) is 4.65. The van der Waals surface area contributed by atoms with E-state index in [4.69, 9.17) is 4.42 Å². The zero-order valence-corrected chi connectivity index (χ0v) is 16.1. The van der Waals surface area contributed by atoms with Crippen molar-refractivity contribution in [2.24, 2.45) is 5.92 Å². The van der Waals surface area contributed by atoms with E-state index < -0.39 is 0 Å². The van der Waals surface area contributed by atoms with E-state index >= 15 is 0 Å². The van der Waals surface area contributed by atoms with Crippen LogP contribution in [0.5, 0.6) is 0 Å². The van der Waals surface area contributed by atoms with Crippen molar-refractivity contribution in [2.45, 2.75) is 57.7 Å². The quantitative estimate of drug-likeness (QED) is 0.757. The maximum absolute atomic E-state index is 13.5. The zero-order chi connectivity index (χ0) is 18.5. The molecule has 27 heavy (non-hydrogen) atoms. The first-order valence-corrected chi connectivity index (χ1v) is 10.4. The van der Waals surface area contributed by atoms with Crippen LogP contribution in [0.3, 0.4) is 0 Å². The summed E-state index contributed by atoms with van der Waals surface area (Å²) < 4.78 is 5.56. The molecule has 2 aromatic rings. The highest BCUT2D eigenvalue weighted by Crippen LogP contribution is 2.29. The minimum absolute atomic E-state index is 0.109. The molecule has 1 unspecified atom stereocenters. The van der Waals surface area contributed by atoms with Gasteiger partial charge in [-0.15, -0.1) is 0 Å². The third kappa shape index (κ3) is 4.62. The fraction of sp³-hybridized carbons (Fsp3) is 0.522. The number of hydrogen-bond donors (Lipinski definition) is 0. The van der Waals surface area contributed by atoms with Gasteiger partial charge in [-0.2, -0.15) is 0 Å². The molecule has 1 aromatic carbocycles. The lowest BCUT2D eigenvalue weighted by Crippen LogP contribution is -2.47. The molecule has 1 aliphatic carbocycles. The van der Waals surface area contributed by atoms with Crippen molar-refractivity contribution in [3.63, 3.8) is 0 Å². The lowest BCUT2D eigenvalue weighted by Gasteiger charge is -2.37. The number of rotatable bonds is 6. The minimum Gasteiger partial charge on any atom is -0.467 e. The van der Waals surface area contributed by atoms with Gasteiger partial charge in [0.2, 0.25) is 5.91 Å². The molecule has 2 aliphatic rings. The van der Waals surface area contributed by atoms with Crippen LogP contribution >= 0.6 is 0 Å². The first kappa shape index (κ1) is 18.3. The van der Waals surface area contributed by atoms with Gasteiger partial charge in [0, 0.05) is 19.1 Å². The molecule has 0 N–H and O–H groups in total. The van der Waals surface area contributed by atoms with Gasteiger partial charge >= 0.3 is 0 Å². The van der Waals surface area contributed by atoms with E-state index in [1.807, 2.05) is 12.1 Å². The Morgan fingerprint density at radius 2 is 1.85 bits per heavy atom. The first-order chi connectivity index (χ1) is 13.3. The lowest BCUT2D eigenvalue weighted by atomic mass is 9.95. The SMILES string of the molecule is O=C(C1CCCN(Cc2ccccc2)C1)N(Cc1ccco1)C1CCCC1. The minimum atomic E-state index is 0.109. The molecule has 1 aliphatic heterocycles. The Balaban J connectivity index is 1.43. The Labute approximate surface area is 162 Å². The Bertz CT molecular complexity index is 707. The van der Waals surface area contributed by atoms with E-state index in [0.717, 1.165) is 51.1 Å². The molecule has 1 aromatic heterocycles. The topological polar surface area (TPSA) is 36.7 Å². The van der Waals surface area contributed by atoms with E-state index in [2.05, 4.69) is 40.1 Å². The van der Waals surface area contributed by atoms with Crippen molar-refractivity contribution in [2.75, 3.05) is 13.1 Å². The molecular weight excluding hydrogens is 336 g/mol. The summed E-state index contributed by atoms with van der Waals surface area (Å²) in [4.78, 5) is 18.0. The van der Waals surface area contributed by atoms with Gasteiger partial charge in [0.05, 0.1) is 18.7 Å². The van der Waals surface area contributed by atoms with Crippen LogP contribution in [0.25, 0.3) is 0 Å². The molecule has 2 fully saturated rings. The summed E-state index contributed by atoms with van der Waals surface area (Å²) in [5.74, 6) is 1.33. The van der Waals surface area contributed by atoms with Crippen molar-refractivity contribution < 1.29 is 9.21 Å². The van der Waals surface area contributed by atoms with Crippen molar-refractivity contribution in [3.8, 4) is 0 Å². The summed E-state index contributed by atoms with van der Waals surface area (Å²) in [6.07, 6.45) is 8.54. The van der Waals surface area contributed by atoms with Crippen LogP contribution in [0, 0.1) is 5.92 Å². The van der Waals surface area contributed by atoms with Gasteiger partial charge in [-0.25, -0.2) is 0 Å². The van der Waals surface area contributed by atoms with Crippen LogP contribution in [0.2, 0.25) is 0 Å². The third-order valence-electron chi connectivity index (χ3n) is 6.06. The maximum atomic E-state index is 13.5. The average Bonchev–Trinajstić information content (AvgIpc) is 3.41. The van der Waals surface area contributed by atoms with Crippen LogP contribution in [0.1, 0.15) is 49.8 Å². The van der Waals surface area contributed by atoms with Gasteiger partial charge < -0.3 is 9.32 Å². The van der Waals surface area contributed by atoms with Crippen LogP contribution in [-0.4, -0.2) is 34.8 Å². The Morgan fingerprint density at radius 1 is 1.04 bits per heavy atom. The van der Waals surface area contributed by atoms with Gasteiger partial charge in [0.1, 0.15) is 5.76 Å². The standard InChI is InChI=1S/C23H30N2O2/c26-23(25(21-11-4-5-12-21)18-22-13-7-15-27-22)20-10-6-14-24(17-20)16-19-8-2-1-3-9-19/h1-3,7-9,13,15,20-21H,4-6,10-12,14,16-18H2. The molecule has 0 bridgehead atoms. The molecule has 4 rings (SSSR count). The molecule has 1 saturated heterocycles.